The summed E-state index contributed by atoms with van der Waals surface area (Å²) < 4.78 is 10.6. The number of hydrogen-bond acceptors (Lipinski definition) is 5. The summed E-state index contributed by atoms with van der Waals surface area (Å²) in [6.45, 7) is 9.12. The van der Waals surface area contributed by atoms with Gasteiger partial charge in [-0.05, 0) is 32.8 Å². The quantitative estimate of drug-likeness (QED) is 0.781. The first-order valence-corrected chi connectivity index (χ1v) is 7.01. The molecule has 1 rings (SSSR count). The molecule has 0 saturated carbocycles. The summed E-state index contributed by atoms with van der Waals surface area (Å²) >= 11 is 0. The summed E-state index contributed by atoms with van der Waals surface area (Å²) in [5.74, 6) is -0.858. The van der Waals surface area contributed by atoms with Gasteiger partial charge in [0.25, 0.3) is 0 Å². The molecule has 5 heteroatoms. The SMILES string of the molecule is CC(C)CC(=O)OC(C(=O)OC(C)(C)C)c1cccnc1. The van der Waals surface area contributed by atoms with Gasteiger partial charge in [0, 0.05) is 24.4 Å². The second-order valence-corrected chi connectivity index (χ2v) is 6.29. The first kappa shape index (κ1) is 17.1. The summed E-state index contributed by atoms with van der Waals surface area (Å²) in [5.41, 5.74) is -0.147. The zero-order chi connectivity index (χ0) is 16.0. The second-order valence-electron chi connectivity index (χ2n) is 6.29. The first-order valence-electron chi connectivity index (χ1n) is 7.01. The van der Waals surface area contributed by atoms with Gasteiger partial charge in [-0.25, -0.2) is 4.79 Å². The molecule has 0 radical (unpaired) electrons. The Morgan fingerprint density at radius 1 is 1.29 bits per heavy atom. The predicted molar refractivity (Wildman–Crippen MR) is 78.4 cm³/mol. The number of esters is 2. The Labute approximate surface area is 125 Å². The maximum absolute atomic E-state index is 12.3. The molecule has 1 atom stereocenters. The number of carbonyl (C=O) groups is 2. The molecule has 0 saturated heterocycles. The number of rotatable bonds is 5. The summed E-state index contributed by atoms with van der Waals surface area (Å²) in [6.07, 6.45) is 2.26. The monoisotopic (exact) mass is 293 g/mol. The van der Waals surface area contributed by atoms with Gasteiger partial charge in [-0.1, -0.05) is 19.9 Å². The zero-order valence-corrected chi connectivity index (χ0v) is 13.3. The van der Waals surface area contributed by atoms with Crippen molar-refractivity contribution in [2.24, 2.45) is 5.92 Å². The number of ether oxygens (including phenoxy) is 2. The topological polar surface area (TPSA) is 65.5 Å². The van der Waals surface area contributed by atoms with E-state index in [4.69, 9.17) is 9.47 Å². The van der Waals surface area contributed by atoms with Crippen molar-refractivity contribution < 1.29 is 19.1 Å². The van der Waals surface area contributed by atoms with Crippen LogP contribution in [0.5, 0.6) is 0 Å². The highest BCUT2D eigenvalue weighted by atomic mass is 16.6. The van der Waals surface area contributed by atoms with E-state index in [-0.39, 0.29) is 12.3 Å². The molecule has 116 valence electrons. The van der Waals surface area contributed by atoms with Gasteiger partial charge < -0.3 is 9.47 Å². The van der Waals surface area contributed by atoms with E-state index in [2.05, 4.69) is 4.98 Å². The Morgan fingerprint density at radius 2 is 1.95 bits per heavy atom. The van der Waals surface area contributed by atoms with Gasteiger partial charge in [-0.3, -0.25) is 9.78 Å². The van der Waals surface area contributed by atoms with Crippen molar-refractivity contribution in [3.63, 3.8) is 0 Å². The average molecular weight is 293 g/mol. The Bertz CT molecular complexity index is 477. The summed E-state index contributed by atoms with van der Waals surface area (Å²) in [4.78, 5) is 28.1. The third kappa shape index (κ3) is 6.38. The van der Waals surface area contributed by atoms with Gasteiger partial charge in [0.1, 0.15) is 5.60 Å². The Hall–Kier alpha value is -1.91. The fraction of sp³-hybridized carbons (Fsp3) is 0.562. The molecule has 1 aromatic rings. The molecule has 21 heavy (non-hydrogen) atoms. The standard InChI is InChI=1S/C16H23NO4/c1-11(2)9-13(18)20-14(12-7-6-8-17-10-12)15(19)21-16(3,4)5/h6-8,10-11,14H,9H2,1-5H3. The molecule has 0 aliphatic heterocycles. The molecular weight excluding hydrogens is 270 g/mol. The lowest BCUT2D eigenvalue weighted by molar-refractivity contribution is -0.176. The van der Waals surface area contributed by atoms with Gasteiger partial charge in [0.05, 0.1) is 0 Å². The van der Waals surface area contributed by atoms with Gasteiger partial charge in [-0.15, -0.1) is 0 Å². The number of pyridine rings is 1. The maximum atomic E-state index is 12.3. The predicted octanol–water partition coefficient (Wildman–Crippen LogP) is 3.05. The van der Waals surface area contributed by atoms with Gasteiger partial charge in [-0.2, -0.15) is 0 Å². The molecular formula is C16H23NO4. The maximum Gasteiger partial charge on any atom is 0.352 e. The van der Waals surface area contributed by atoms with Crippen LogP contribution in [0.4, 0.5) is 0 Å². The molecule has 0 spiro atoms. The Kier molecular flexibility index (Phi) is 5.88. The summed E-state index contributed by atoms with van der Waals surface area (Å²) in [6, 6.07) is 3.37. The lowest BCUT2D eigenvalue weighted by Crippen LogP contribution is -2.30. The summed E-state index contributed by atoms with van der Waals surface area (Å²) in [5, 5.41) is 0. The van der Waals surface area contributed by atoms with Crippen LogP contribution >= 0.6 is 0 Å². The van der Waals surface area contributed by atoms with Crippen LogP contribution in [-0.2, 0) is 19.1 Å². The number of hydrogen-bond donors (Lipinski definition) is 0. The van der Waals surface area contributed by atoms with Crippen LogP contribution in [0.1, 0.15) is 52.7 Å². The van der Waals surface area contributed by atoms with Gasteiger partial charge in [0.15, 0.2) is 0 Å². The van der Waals surface area contributed by atoms with Gasteiger partial charge >= 0.3 is 11.9 Å². The van der Waals surface area contributed by atoms with E-state index in [9.17, 15) is 9.59 Å². The van der Waals surface area contributed by atoms with E-state index in [0.29, 0.717) is 5.56 Å². The van der Waals surface area contributed by atoms with Crippen molar-refractivity contribution in [3.05, 3.63) is 30.1 Å². The van der Waals surface area contributed by atoms with E-state index in [0.717, 1.165) is 0 Å². The summed E-state index contributed by atoms with van der Waals surface area (Å²) in [7, 11) is 0. The second kappa shape index (κ2) is 7.20. The minimum absolute atomic E-state index is 0.158. The van der Waals surface area contributed by atoms with E-state index < -0.39 is 23.6 Å². The third-order valence-corrected chi connectivity index (χ3v) is 2.43. The molecule has 0 bridgehead atoms. The molecule has 0 amide bonds. The third-order valence-electron chi connectivity index (χ3n) is 2.43. The van der Waals surface area contributed by atoms with Gasteiger partial charge in [0.2, 0.25) is 6.10 Å². The molecule has 0 fully saturated rings. The van der Waals surface area contributed by atoms with Crippen molar-refractivity contribution in [1.29, 1.82) is 0 Å². The van der Waals surface area contributed by atoms with Crippen molar-refractivity contribution in [2.45, 2.75) is 52.7 Å². The molecule has 0 aliphatic carbocycles. The van der Waals surface area contributed by atoms with Crippen molar-refractivity contribution in [3.8, 4) is 0 Å². The van der Waals surface area contributed by atoms with Crippen LogP contribution in [0, 0.1) is 5.92 Å². The molecule has 1 unspecified atom stereocenters. The molecule has 5 nitrogen and oxygen atoms in total. The first-order chi connectivity index (χ1) is 9.69. The van der Waals surface area contributed by atoms with Crippen LogP contribution in [-0.4, -0.2) is 22.5 Å². The smallest absolute Gasteiger partial charge is 0.352 e. The minimum Gasteiger partial charge on any atom is -0.457 e. The zero-order valence-electron chi connectivity index (χ0n) is 13.3. The highest BCUT2D eigenvalue weighted by Gasteiger charge is 2.30. The van der Waals surface area contributed by atoms with E-state index >= 15 is 0 Å². The van der Waals surface area contributed by atoms with Crippen molar-refractivity contribution in [1.82, 2.24) is 4.98 Å². The van der Waals surface area contributed by atoms with Crippen LogP contribution in [0.15, 0.2) is 24.5 Å². The van der Waals surface area contributed by atoms with E-state index in [1.807, 2.05) is 13.8 Å². The molecule has 0 aliphatic rings. The lowest BCUT2D eigenvalue weighted by atomic mass is 10.1. The number of nitrogens with zero attached hydrogens (tertiary/aromatic N) is 1. The highest BCUT2D eigenvalue weighted by Crippen LogP contribution is 2.22. The average Bonchev–Trinajstić information content (AvgIpc) is 2.34. The van der Waals surface area contributed by atoms with Crippen molar-refractivity contribution in [2.75, 3.05) is 0 Å². The fourth-order valence-electron chi connectivity index (χ4n) is 1.65. The van der Waals surface area contributed by atoms with Crippen LogP contribution in [0.25, 0.3) is 0 Å². The Morgan fingerprint density at radius 3 is 2.43 bits per heavy atom. The van der Waals surface area contributed by atoms with Crippen LogP contribution < -0.4 is 0 Å². The number of aromatic nitrogens is 1. The normalized spacial score (nSPS) is 12.9. The molecule has 1 heterocycles. The minimum atomic E-state index is -1.08. The number of carbonyl (C=O) groups excluding carboxylic acids is 2. The molecule has 0 N–H and O–H groups in total. The van der Waals surface area contributed by atoms with Crippen LogP contribution in [0.3, 0.4) is 0 Å². The lowest BCUT2D eigenvalue weighted by Gasteiger charge is -2.24. The fourth-order valence-corrected chi connectivity index (χ4v) is 1.65. The Balaban J connectivity index is 2.90. The van der Waals surface area contributed by atoms with Crippen molar-refractivity contribution >= 4 is 11.9 Å². The largest absolute Gasteiger partial charge is 0.457 e. The molecule has 1 aromatic heterocycles. The molecule has 0 aromatic carbocycles. The highest BCUT2D eigenvalue weighted by molar-refractivity contribution is 5.81. The van der Waals surface area contributed by atoms with Crippen LogP contribution in [0.2, 0.25) is 0 Å². The van der Waals surface area contributed by atoms with E-state index in [1.165, 1.54) is 6.20 Å². The van der Waals surface area contributed by atoms with E-state index in [1.54, 1.807) is 39.1 Å².